The number of carbonyl (C=O) groups excluding carboxylic acids is 1. The highest BCUT2D eigenvalue weighted by Gasteiger charge is 2.50. The number of hydrogen-bond acceptors (Lipinski definition) is 5. The Morgan fingerprint density at radius 3 is 1.90 bits per heavy atom. The van der Waals surface area contributed by atoms with Crippen LogP contribution in [0.15, 0.2) is 18.2 Å². The lowest BCUT2D eigenvalue weighted by Gasteiger charge is -2.53. The molecule has 30 heavy (non-hydrogen) atoms. The fourth-order valence-corrected chi connectivity index (χ4v) is 6.73. The summed E-state index contributed by atoms with van der Waals surface area (Å²) in [5.41, 5.74) is 1.59. The Bertz CT molecular complexity index is 854. The molecule has 0 saturated heterocycles. The van der Waals surface area contributed by atoms with E-state index in [2.05, 4.69) is 0 Å². The summed E-state index contributed by atoms with van der Waals surface area (Å²) in [6, 6.07) is 5.61. The summed E-state index contributed by atoms with van der Waals surface area (Å²) >= 11 is 0. The van der Waals surface area contributed by atoms with E-state index in [1.165, 1.54) is 6.42 Å². The van der Waals surface area contributed by atoms with Crippen LogP contribution in [0.1, 0.15) is 82.8 Å². The molecule has 4 bridgehead atoms. The van der Waals surface area contributed by atoms with E-state index in [9.17, 15) is 13.2 Å². The molecular formula is C23H33NO5S. The third-order valence-corrected chi connectivity index (χ3v) is 7.91. The van der Waals surface area contributed by atoms with Crippen molar-refractivity contribution >= 4 is 16.4 Å². The zero-order valence-corrected chi connectivity index (χ0v) is 19.1. The number of para-hydroxylation sites is 1. The van der Waals surface area contributed by atoms with Crippen LogP contribution < -0.4 is 8.91 Å². The topological polar surface area (TPSA) is 81.7 Å². The van der Waals surface area contributed by atoms with Gasteiger partial charge in [0.15, 0.2) is 5.75 Å². The van der Waals surface area contributed by atoms with Gasteiger partial charge in [-0.15, -0.1) is 0 Å². The average Bonchev–Trinajstić information content (AvgIpc) is 2.63. The zero-order chi connectivity index (χ0) is 21.6. The molecule has 0 unspecified atom stereocenters. The molecule has 0 spiro atoms. The van der Waals surface area contributed by atoms with Gasteiger partial charge >= 0.3 is 16.4 Å². The summed E-state index contributed by atoms with van der Waals surface area (Å²) in [6.07, 6.45) is 4.56. The third kappa shape index (κ3) is 4.32. The van der Waals surface area contributed by atoms with Crippen molar-refractivity contribution in [2.24, 2.45) is 23.7 Å². The minimum Gasteiger partial charge on any atom is -0.445 e. The first kappa shape index (κ1) is 21.5. The summed E-state index contributed by atoms with van der Waals surface area (Å²) in [5.74, 6) is 2.70. The minimum atomic E-state index is -4.35. The van der Waals surface area contributed by atoms with Gasteiger partial charge in [-0.3, -0.25) is 0 Å². The molecular weight excluding hydrogens is 402 g/mol. The Kier molecular flexibility index (Phi) is 5.77. The first-order chi connectivity index (χ1) is 14.1. The van der Waals surface area contributed by atoms with Crippen molar-refractivity contribution < 1.29 is 22.1 Å². The second kappa shape index (κ2) is 8.06. The molecule has 0 radical (unpaired) electrons. The molecule has 4 fully saturated rings. The highest BCUT2D eigenvalue weighted by molar-refractivity contribution is 7.85. The normalized spacial score (nSPS) is 30.0. The van der Waals surface area contributed by atoms with Crippen molar-refractivity contribution in [3.63, 3.8) is 0 Å². The lowest BCUT2D eigenvalue weighted by atomic mass is 9.55. The van der Waals surface area contributed by atoms with Crippen molar-refractivity contribution in [1.82, 2.24) is 4.72 Å². The number of amides is 1. The fourth-order valence-electron chi connectivity index (χ4n) is 6.03. The summed E-state index contributed by atoms with van der Waals surface area (Å²) in [7, 11) is -4.35. The van der Waals surface area contributed by atoms with Crippen LogP contribution in [0.4, 0.5) is 4.79 Å². The van der Waals surface area contributed by atoms with E-state index in [1.54, 1.807) is 0 Å². The van der Waals surface area contributed by atoms with E-state index in [4.69, 9.17) is 8.92 Å². The molecule has 0 aliphatic heterocycles. The van der Waals surface area contributed by atoms with Crippen LogP contribution in [-0.2, 0) is 15.0 Å². The smallest absolute Gasteiger partial charge is 0.423 e. The fraction of sp³-hybridized carbons (Fsp3) is 0.696. The van der Waals surface area contributed by atoms with E-state index in [-0.39, 0.29) is 17.9 Å². The molecule has 0 aromatic heterocycles. The first-order valence-electron chi connectivity index (χ1n) is 11.2. The van der Waals surface area contributed by atoms with Gasteiger partial charge in [0.1, 0.15) is 6.10 Å². The Balaban J connectivity index is 1.46. The van der Waals surface area contributed by atoms with Crippen LogP contribution in [0.5, 0.6) is 5.75 Å². The van der Waals surface area contributed by atoms with Crippen LogP contribution in [-0.4, -0.2) is 20.6 Å². The standard InChI is InChI=1S/C23H33NO5S/c1-13(2)19-6-5-7-20(14(3)4)22(19)29-30(26,27)24-23(25)28-21-17-9-15-8-16(11-17)12-18(21)10-15/h5-7,13-18,21H,8-12H2,1-4H3,(H,24,25). The van der Waals surface area contributed by atoms with Crippen LogP contribution >= 0.6 is 0 Å². The third-order valence-electron chi connectivity index (χ3n) is 7.10. The lowest BCUT2D eigenvalue weighted by Crippen LogP contribution is -2.51. The highest BCUT2D eigenvalue weighted by Crippen LogP contribution is 2.54. The van der Waals surface area contributed by atoms with E-state index >= 15 is 0 Å². The van der Waals surface area contributed by atoms with Crippen LogP contribution in [0.25, 0.3) is 0 Å². The van der Waals surface area contributed by atoms with Gasteiger partial charge < -0.3 is 8.92 Å². The molecule has 1 amide bonds. The number of rotatable bonds is 6. The molecule has 6 nitrogen and oxygen atoms in total. The zero-order valence-electron chi connectivity index (χ0n) is 18.3. The van der Waals surface area contributed by atoms with Gasteiger partial charge in [-0.25, -0.2) is 4.79 Å². The quantitative estimate of drug-likeness (QED) is 0.672. The van der Waals surface area contributed by atoms with Gasteiger partial charge in [0.2, 0.25) is 0 Å². The number of nitrogens with one attached hydrogen (secondary N) is 1. The molecule has 1 aromatic rings. The summed E-state index contributed by atoms with van der Waals surface area (Å²) < 4.78 is 38.4. The van der Waals surface area contributed by atoms with Crippen LogP contribution in [0.2, 0.25) is 0 Å². The van der Waals surface area contributed by atoms with Crippen LogP contribution in [0, 0.1) is 23.7 Å². The molecule has 166 valence electrons. The Hall–Kier alpha value is -1.76. The second-order valence-corrected chi connectivity index (χ2v) is 11.3. The average molecular weight is 436 g/mol. The van der Waals surface area contributed by atoms with Gasteiger partial charge in [-0.05, 0) is 78.7 Å². The Morgan fingerprint density at radius 2 is 1.43 bits per heavy atom. The SMILES string of the molecule is CC(C)c1cccc(C(C)C)c1OS(=O)(=O)NC(=O)OC1C2CC3CC(C2)CC1C3. The van der Waals surface area contributed by atoms with Gasteiger partial charge in [0, 0.05) is 0 Å². The molecule has 4 aliphatic carbocycles. The molecule has 4 saturated carbocycles. The molecule has 0 heterocycles. The lowest BCUT2D eigenvalue weighted by molar-refractivity contribution is -0.0951. The number of hydrogen-bond donors (Lipinski definition) is 1. The van der Waals surface area contributed by atoms with Gasteiger partial charge in [-0.1, -0.05) is 45.9 Å². The molecule has 5 rings (SSSR count). The largest absolute Gasteiger partial charge is 0.445 e. The number of carbonyl (C=O) groups is 1. The molecule has 7 heteroatoms. The minimum absolute atomic E-state index is 0.0777. The molecule has 1 N–H and O–H groups in total. The van der Waals surface area contributed by atoms with Crippen molar-refractivity contribution in [3.8, 4) is 5.75 Å². The summed E-state index contributed by atoms with van der Waals surface area (Å²) in [4.78, 5) is 12.5. The highest BCUT2D eigenvalue weighted by atomic mass is 32.2. The predicted octanol–water partition coefficient (Wildman–Crippen LogP) is 5.11. The monoisotopic (exact) mass is 435 g/mol. The maximum atomic E-state index is 12.7. The maximum absolute atomic E-state index is 12.7. The molecule has 4 aliphatic rings. The van der Waals surface area contributed by atoms with Crippen molar-refractivity contribution in [2.75, 3.05) is 0 Å². The Morgan fingerprint density at radius 1 is 0.933 bits per heavy atom. The van der Waals surface area contributed by atoms with Crippen molar-refractivity contribution in [2.45, 2.75) is 77.7 Å². The number of ether oxygens (including phenoxy) is 1. The van der Waals surface area contributed by atoms with E-state index in [1.807, 2.05) is 50.6 Å². The van der Waals surface area contributed by atoms with E-state index in [0.717, 1.165) is 48.6 Å². The number of benzene rings is 1. The second-order valence-electron chi connectivity index (χ2n) is 10.0. The molecule has 1 aromatic carbocycles. The maximum Gasteiger partial charge on any atom is 0.423 e. The predicted molar refractivity (Wildman–Crippen MR) is 115 cm³/mol. The Labute approximate surface area is 180 Å². The van der Waals surface area contributed by atoms with Crippen molar-refractivity contribution in [1.29, 1.82) is 0 Å². The van der Waals surface area contributed by atoms with Gasteiger partial charge in [-0.2, -0.15) is 13.1 Å². The molecule has 0 atom stereocenters. The van der Waals surface area contributed by atoms with Gasteiger partial charge in [0.25, 0.3) is 0 Å². The first-order valence-corrected chi connectivity index (χ1v) is 12.6. The summed E-state index contributed by atoms with van der Waals surface area (Å²) in [5, 5.41) is 0. The van der Waals surface area contributed by atoms with Crippen molar-refractivity contribution in [3.05, 3.63) is 29.3 Å². The van der Waals surface area contributed by atoms with Crippen LogP contribution in [0.3, 0.4) is 0 Å². The summed E-state index contributed by atoms with van der Waals surface area (Å²) in [6.45, 7) is 7.92. The van der Waals surface area contributed by atoms with E-state index < -0.39 is 16.4 Å². The van der Waals surface area contributed by atoms with E-state index in [0.29, 0.717) is 17.6 Å². The van der Waals surface area contributed by atoms with Gasteiger partial charge in [0.05, 0.1) is 0 Å².